The fourth-order valence-electron chi connectivity index (χ4n) is 3.95. The number of hydrogen-bond acceptors (Lipinski definition) is 4. The summed E-state index contributed by atoms with van der Waals surface area (Å²) in [5.41, 5.74) is 2.09. The molecule has 0 aliphatic carbocycles. The zero-order valence-corrected chi connectivity index (χ0v) is 17.2. The van der Waals surface area contributed by atoms with Crippen LogP contribution in [-0.4, -0.2) is 53.8 Å². The van der Waals surface area contributed by atoms with E-state index in [1.807, 2.05) is 65.6 Å². The Labute approximate surface area is 173 Å². The quantitative estimate of drug-likeness (QED) is 0.735. The number of amides is 1. The molecule has 5 heteroatoms. The molecular weight excluding hydrogens is 364 g/mol. The van der Waals surface area contributed by atoms with E-state index in [1.165, 1.54) is 0 Å². The molecule has 2 aromatic carbocycles. The third-order valence-electron chi connectivity index (χ3n) is 5.78. The van der Waals surface area contributed by atoms with Crippen molar-refractivity contribution >= 4 is 6.09 Å². The number of likely N-dealkylation sites (N-methyl/N-ethyl adjacent to an activating group) is 1. The van der Waals surface area contributed by atoms with Gasteiger partial charge in [-0.15, -0.1) is 0 Å². The molecule has 3 rings (SSSR count). The third-order valence-corrected chi connectivity index (χ3v) is 5.78. The van der Waals surface area contributed by atoms with E-state index in [9.17, 15) is 9.90 Å². The molecule has 2 aromatic rings. The number of benzene rings is 2. The van der Waals surface area contributed by atoms with Crippen LogP contribution in [0.25, 0.3) is 0 Å². The van der Waals surface area contributed by atoms with E-state index < -0.39 is 0 Å². The normalized spacial score (nSPS) is 19.7. The maximum atomic E-state index is 12.8. The molecule has 1 fully saturated rings. The summed E-state index contributed by atoms with van der Waals surface area (Å²) < 4.78 is 5.60. The van der Waals surface area contributed by atoms with E-state index in [0.717, 1.165) is 36.9 Å². The lowest BCUT2D eigenvalue weighted by Gasteiger charge is -2.37. The Kier molecular flexibility index (Phi) is 8.08. The van der Waals surface area contributed by atoms with Gasteiger partial charge in [0.1, 0.15) is 6.61 Å². The van der Waals surface area contributed by atoms with E-state index >= 15 is 0 Å². The van der Waals surface area contributed by atoms with Gasteiger partial charge in [0.2, 0.25) is 0 Å². The van der Waals surface area contributed by atoms with Crippen molar-refractivity contribution in [1.82, 2.24) is 9.80 Å². The first kappa shape index (κ1) is 21.3. The van der Waals surface area contributed by atoms with Crippen molar-refractivity contribution in [3.05, 3.63) is 71.8 Å². The van der Waals surface area contributed by atoms with E-state index in [1.54, 1.807) is 0 Å². The van der Waals surface area contributed by atoms with Gasteiger partial charge in [-0.25, -0.2) is 4.79 Å². The van der Waals surface area contributed by atoms with Gasteiger partial charge in [0.15, 0.2) is 0 Å². The lowest BCUT2D eigenvalue weighted by atomic mass is 9.91. The highest BCUT2D eigenvalue weighted by molar-refractivity contribution is 5.67. The van der Waals surface area contributed by atoms with Gasteiger partial charge in [-0.3, -0.25) is 0 Å². The topological polar surface area (TPSA) is 53.0 Å². The summed E-state index contributed by atoms with van der Waals surface area (Å²) in [5.74, 6) is 0.531. The fourth-order valence-corrected chi connectivity index (χ4v) is 3.95. The first-order valence-corrected chi connectivity index (χ1v) is 10.5. The molecule has 5 nitrogen and oxygen atoms in total. The van der Waals surface area contributed by atoms with Crippen molar-refractivity contribution < 1.29 is 14.6 Å². The van der Waals surface area contributed by atoms with Crippen molar-refractivity contribution in [2.24, 2.45) is 5.92 Å². The van der Waals surface area contributed by atoms with Crippen LogP contribution in [0.4, 0.5) is 4.79 Å². The number of ether oxygens (including phenoxy) is 1. The summed E-state index contributed by atoms with van der Waals surface area (Å²) in [6, 6.07) is 20.1. The molecule has 0 aromatic heterocycles. The van der Waals surface area contributed by atoms with Gasteiger partial charge in [0.05, 0.1) is 6.61 Å². The highest BCUT2D eigenvalue weighted by Crippen LogP contribution is 2.24. The Bertz CT molecular complexity index is 738. The molecule has 156 valence electrons. The van der Waals surface area contributed by atoms with Crippen LogP contribution in [-0.2, 0) is 17.9 Å². The smallest absolute Gasteiger partial charge is 0.410 e. The minimum Gasteiger partial charge on any atom is -0.445 e. The van der Waals surface area contributed by atoms with Crippen molar-refractivity contribution in [3.63, 3.8) is 0 Å². The van der Waals surface area contributed by atoms with E-state index in [2.05, 4.69) is 11.9 Å². The molecule has 1 amide bonds. The summed E-state index contributed by atoms with van der Waals surface area (Å²) >= 11 is 0. The van der Waals surface area contributed by atoms with Crippen LogP contribution in [0.3, 0.4) is 0 Å². The maximum Gasteiger partial charge on any atom is 0.410 e. The molecule has 29 heavy (non-hydrogen) atoms. The highest BCUT2D eigenvalue weighted by Gasteiger charge is 2.26. The van der Waals surface area contributed by atoms with Crippen LogP contribution in [0.1, 0.15) is 30.4 Å². The van der Waals surface area contributed by atoms with E-state index in [0.29, 0.717) is 19.0 Å². The Morgan fingerprint density at radius 2 is 1.72 bits per heavy atom. The Balaban J connectivity index is 1.57. The summed E-state index contributed by atoms with van der Waals surface area (Å²) in [6.45, 7) is 2.69. The predicted octanol–water partition coefficient (Wildman–Crippen LogP) is 3.92. The molecule has 1 N–H and O–H groups in total. The van der Waals surface area contributed by atoms with Gasteiger partial charge in [-0.2, -0.15) is 0 Å². The van der Waals surface area contributed by atoms with Crippen molar-refractivity contribution in [2.45, 2.75) is 38.5 Å². The molecule has 1 aliphatic rings. The standard InChI is InChI=1S/C24H32N2O3/c1-25-16-21(12-13-23(25)18-27)14-15-26(17-20-8-4-2-5-9-20)24(28)29-19-22-10-6-3-7-11-22/h2-11,21,23,27H,12-19H2,1H3. The first-order valence-electron chi connectivity index (χ1n) is 10.5. The Morgan fingerprint density at radius 1 is 1.07 bits per heavy atom. The molecular formula is C24H32N2O3. The number of nitrogens with zero attached hydrogens (tertiary/aromatic N) is 2. The first-order chi connectivity index (χ1) is 14.2. The van der Waals surface area contributed by atoms with Crippen LogP contribution < -0.4 is 0 Å². The summed E-state index contributed by atoms with van der Waals surface area (Å²) in [4.78, 5) is 16.9. The highest BCUT2D eigenvalue weighted by atomic mass is 16.6. The lowest BCUT2D eigenvalue weighted by molar-refractivity contribution is 0.0703. The molecule has 1 heterocycles. The zero-order chi connectivity index (χ0) is 20.5. The zero-order valence-electron chi connectivity index (χ0n) is 17.2. The molecule has 1 saturated heterocycles. The van der Waals surface area contributed by atoms with Crippen LogP contribution >= 0.6 is 0 Å². The van der Waals surface area contributed by atoms with Gasteiger partial charge in [0.25, 0.3) is 0 Å². The maximum absolute atomic E-state index is 12.8. The molecule has 0 spiro atoms. The monoisotopic (exact) mass is 396 g/mol. The second kappa shape index (κ2) is 11.0. The van der Waals surface area contributed by atoms with E-state index in [4.69, 9.17) is 4.74 Å². The number of carbonyl (C=O) groups is 1. The second-order valence-electron chi connectivity index (χ2n) is 7.96. The van der Waals surface area contributed by atoms with Gasteiger partial charge < -0.3 is 19.6 Å². The summed E-state index contributed by atoms with van der Waals surface area (Å²) in [7, 11) is 2.07. The number of rotatable bonds is 8. The number of aliphatic hydroxyl groups is 1. The van der Waals surface area contributed by atoms with Crippen LogP contribution in [0.15, 0.2) is 60.7 Å². The number of likely N-dealkylation sites (tertiary alicyclic amines) is 1. The second-order valence-corrected chi connectivity index (χ2v) is 7.96. The molecule has 0 radical (unpaired) electrons. The minimum absolute atomic E-state index is 0.217. The summed E-state index contributed by atoms with van der Waals surface area (Å²) in [6.07, 6.45) is 2.77. The number of aliphatic hydroxyl groups excluding tert-OH is 1. The van der Waals surface area contributed by atoms with Gasteiger partial charge >= 0.3 is 6.09 Å². The average Bonchev–Trinajstić information content (AvgIpc) is 2.76. The van der Waals surface area contributed by atoms with Crippen LogP contribution in [0, 0.1) is 5.92 Å². The van der Waals surface area contributed by atoms with Crippen molar-refractivity contribution in [3.8, 4) is 0 Å². The van der Waals surface area contributed by atoms with Crippen molar-refractivity contribution in [1.29, 1.82) is 0 Å². The fraction of sp³-hybridized carbons (Fsp3) is 0.458. The summed E-state index contributed by atoms with van der Waals surface area (Å²) in [5, 5.41) is 9.44. The molecule has 2 unspecified atom stereocenters. The van der Waals surface area contributed by atoms with Gasteiger partial charge in [-0.05, 0) is 43.4 Å². The number of piperidine rings is 1. The minimum atomic E-state index is -0.268. The average molecular weight is 397 g/mol. The molecule has 2 atom stereocenters. The van der Waals surface area contributed by atoms with Gasteiger partial charge in [-0.1, -0.05) is 60.7 Å². The Morgan fingerprint density at radius 3 is 2.34 bits per heavy atom. The van der Waals surface area contributed by atoms with E-state index in [-0.39, 0.29) is 25.3 Å². The number of carbonyl (C=O) groups excluding carboxylic acids is 1. The van der Waals surface area contributed by atoms with Gasteiger partial charge in [0, 0.05) is 25.7 Å². The largest absolute Gasteiger partial charge is 0.445 e. The molecule has 0 bridgehead atoms. The molecule has 0 saturated carbocycles. The van der Waals surface area contributed by atoms with Crippen molar-refractivity contribution in [2.75, 3.05) is 26.7 Å². The molecule has 1 aliphatic heterocycles. The lowest BCUT2D eigenvalue weighted by Crippen LogP contribution is -2.43. The SMILES string of the molecule is CN1CC(CCN(Cc2ccccc2)C(=O)OCc2ccccc2)CCC1CO. The third kappa shape index (κ3) is 6.58. The number of hydrogen-bond donors (Lipinski definition) is 1. The van der Waals surface area contributed by atoms with Crippen LogP contribution in [0.2, 0.25) is 0 Å². The predicted molar refractivity (Wildman–Crippen MR) is 114 cm³/mol. The van der Waals surface area contributed by atoms with Crippen LogP contribution in [0.5, 0.6) is 0 Å². The Hall–Kier alpha value is -2.37.